The number of rotatable bonds is 6. The number of esters is 1. The van der Waals surface area contributed by atoms with E-state index in [2.05, 4.69) is 5.32 Å². The fraction of sp³-hybridized carbons (Fsp3) is 0.529. The maximum absolute atomic E-state index is 12.5. The van der Waals surface area contributed by atoms with Crippen LogP contribution in [0.1, 0.15) is 43.0 Å². The Balaban J connectivity index is 2.23. The summed E-state index contributed by atoms with van der Waals surface area (Å²) in [5, 5.41) is 2.84. The van der Waals surface area contributed by atoms with Crippen LogP contribution >= 0.6 is 0 Å². The maximum Gasteiger partial charge on any atom is 0.341 e. The topological polar surface area (TPSA) is 73.9 Å². The molecule has 0 aromatic heterocycles. The van der Waals surface area contributed by atoms with Crippen molar-refractivity contribution in [3.05, 3.63) is 23.8 Å². The molecular formula is C17H23NO5. The summed E-state index contributed by atoms with van der Waals surface area (Å²) in [7, 11) is 2.87. The van der Waals surface area contributed by atoms with Gasteiger partial charge < -0.3 is 19.5 Å². The van der Waals surface area contributed by atoms with Crippen molar-refractivity contribution in [1.29, 1.82) is 0 Å². The smallest absolute Gasteiger partial charge is 0.341 e. The van der Waals surface area contributed by atoms with Gasteiger partial charge in [0, 0.05) is 12.8 Å². The molecule has 1 saturated carbocycles. The molecule has 1 aliphatic rings. The van der Waals surface area contributed by atoms with E-state index in [4.69, 9.17) is 14.2 Å². The summed E-state index contributed by atoms with van der Waals surface area (Å²) in [5.74, 6) is -0.260. The third-order valence-corrected chi connectivity index (χ3v) is 4.16. The third kappa shape index (κ3) is 3.64. The number of ether oxygens (including phenoxy) is 3. The van der Waals surface area contributed by atoms with E-state index in [0.717, 1.165) is 12.8 Å². The van der Waals surface area contributed by atoms with E-state index in [-0.39, 0.29) is 11.5 Å². The number of anilines is 1. The zero-order valence-corrected chi connectivity index (χ0v) is 13.8. The summed E-state index contributed by atoms with van der Waals surface area (Å²) in [6, 6.07) is 4.92. The highest BCUT2D eigenvalue weighted by molar-refractivity contribution is 5.99. The largest absolute Gasteiger partial charge is 0.493 e. The molecule has 1 fully saturated rings. The summed E-state index contributed by atoms with van der Waals surface area (Å²) >= 11 is 0. The van der Waals surface area contributed by atoms with Crippen molar-refractivity contribution < 1.29 is 23.8 Å². The van der Waals surface area contributed by atoms with Crippen LogP contribution in [-0.4, -0.2) is 38.3 Å². The lowest BCUT2D eigenvalue weighted by Crippen LogP contribution is -2.42. The molecule has 0 radical (unpaired) electrons. The second-order valence-corrected chi connectivity index (χ2v) is 5.50. The molecule has 1 aromatic rings. The van der Waals surface area contributed by atoms with Crippen LogP contribution in [0.4, 0.5) is 5.69 Å². The lowest BCUT2D eigenvalue weighted by Gasteiger charge is -2.26. The zero-order valence-electron chi connectivity index (χ0n) is 13.8. The van der Waals surface area contributed by atoms with E-state index in [1.165, 1.54) is 7.11 Å². The molecule has 1 aliphatic carbocycles. The Morgan fingerprint density at radius 3 is 2.48 bits per heavy atom. The van der Waals surface area contributed by atoms with Gasteiger partial charge in [-0.3, -0.25) is 4.79 Å². The summed E-state index contributed by atoms with van der Waals surface area (Å²) in [6.45, 7) is 2.27. The van der Waals surface area contributed by atoms with Gasteiger partial charge in [0.25, 0.3) is 5.91 Å². The molecule has 0 aliphatic heterocycles. The lowest BCUT2D eigenvalue weighted by molar-refractivity contribution is -0.137. The molecule has 0 spiro atoms. The predicted octanol–water partition coefficient (Wildman–Crippen LogP) is 2.77. The number of methoxy groups -OCH3 is 2. The number of hydrogen-bond donors (Lipinski definition) is 1. The first-order chi connectivity index (χ1) is 11.1. The number of amides is 1. The molecule has 0 atom stereocenters. The van der Waals surface area contributed by atoms with Crippen LogP contribution in [0, 0.1) is 0 Å². The van der Waals surface area contributed by atoms with Gasteiger partial charge >= 0.3 is 5.97 Å². The Hall–Kier alpha value is -2.08. The second kappa shape index (κ2) is 7.46. The molecule has 6 nitrogen and oxygen atoms in total. The van der Waals surface area contributed by atoms with Crippen LogP contribution in [0.15, 0.2) is 18.2 Å². The molecule has 6 heteroatoms. The van der Waals surface area contributed by atoms with Crippen molar-refractivity contribution >= 4 is 17.6 Å². The van der Waals surface area contributed by atoms with E-state index in [1.54, 1.807) is 25.3 Å². The number of nitrogens with one attached hydrogen (secondary N) is 1. The molecule has 1 amide bonds. The van der Waals surface area contributed by atoms with Crippen LogP contribution in [0.25, 0.3) is 0 Å². The van der Waals surface area contributed by atoms with Crippen molar-refractivity contribution in [3.8, 4) is 5.75 Å². The summed E-state index contributed by atoms with van der Waals surface area (Å²) in [4.78, 5) is 24.4. The fourth-order valence-electron chi connectivity index (χ4n) is 2.87. The summed E-state index contributed by atoms with van der Waals surface area (Å²) in [5.41, 5.74) is 0.0246. The van der Waals surface area contributed by atoms with Crippen molar-refractivity contribution in [2.45, 2.75) is 38.2 Å². The van der Waals surface area contributed by atoms with Crippen molar-refractivity contribution in [1.82, 2.24) is 0 Å². The van der Waals surface area contributed by atoms with Crippen LogP contribution in [0.2, 0.25) is 0 Å². The number of benzene rings is 1. The fourth-order valence-corrected chi connectivity index (χ4v) is 2.87. The van der Waals surface area contributed by atoms with Crippen molar-refractivity contribution in [2.75, 3.05) is 26.1 Å². The Morgan fingerprint density at radius 1 is 1.22 bits per heavy atom. The molecule has 126 valence electrons. The SMILES string of the molecule is CCOc1ccc(NC(=O)C2(OC)CCCC2)cc1C(=O)OC. The van der Waals surface area contributed by atoms with Gasteiger partial charge in [-0.25, -0.2) is 4.79 Å². The summed E-state index contributed by atoms with van der Waals surface area (Å²) < 4.78 is 15.7. The minimum Gasteiger partial charge on any atom is -0.493 e. The number of carbonyl (C=O) groups excluding carboxylic acids is 2. The Bertz CT molecular complexity index is 578. The standard InChI is InChI=1S/C17H23NO5/c1-4-23-14-8-7-12(11-13(14)15(19)21-2)18-16(20)17(22-3)9-5-6-10-17/h7-8,11H,4-6,9-10H2,1-3H3,(H,18,20). The highest BCUT2D eigenvalue weighted by Gasteiger charge is 2.41. The van der Waals surface area contributed by atoms with Crippen LogP contribution in [0.5, 0.6) is 5.75 Å². The quantitative estimate of drug-likeness (QED) is 0.816. The van der Waals surface area contributed by atoms with E-state index in [1.807, 2.05) is 6.92 Å². The lowest BCUT2D eigenvalue weighted by atomic mass is 10.0. The first kappa shape index (κ1) is 17.3. The highest BCUT2D eigenvalue weighted by atomic mass is 16.5. The summed E-state index contributed by atoms with van der Waals surface area (Å²) in [6.07, 6.45) is 3.35. The molecule has 1 aromatic carbocycles. The molecule has 23 heavy (non-hydrogen) atoms. The van der Waals surface area contributed by atoms with Crippen LogP contribution < -0.4 is 10.1 Å². The second-order valence-electron chi connectivity index (χ2n) is 5.50. The van der Waals surface area contributed by atoms with Gasteiger partial charge in [0.15, 0.2) is 0 Å². The van der Waals surface area contributed by atoms with E-state index in [0.29, 0.717) is 30.9 Å². The van der Waals surface area contributed by atoms with Crippen molar-refractivity contribution in [3.63, 3.8) is 0 Å². The molecule has 0 unspecified atom stereocenters. The Kier molecular flexibility index (Phi) is 5.60. The molecule has 1 N–H and O–H groups in total. The average Bonchev–Trinajstić information content (AvgIpc) is 3.06. The van der Waals surface area contributed by atoms with E-state index < -0.39 is 11.6 Å². The maximum atomic E-state index is 12.5. The first-order valence-corrected chi connectivity index (χ1v) is 7.78. The zero-order chi connectivity index (χ0) is 16.9. The van der Waals surface area contributed by atoms with Gasteiger partial charge in [-0.15, -0.1) is 0 Å². The predicted molar refractivity (Wildman–Crippen MR) is 85.8 cm³/mol. The number of carbonyl (C=O) groups is 2. The van der Waals surface area contributed by atoms with Gasteiger partial charge in [-0.1, -0.05) is 0 Å². The molecule has 0 heterocycles. The number of hydrogen-bond acceptors (Lipinski definition) is 5. The Labute approximate surface area is 136 Å². The van der Waals surface area contributed by atoms with Gasteiger partial charge in [0.05, 0.1) is 13.7 Å². The van der Waals surface area contributed by atoms with Crippen LogP contribution in [0.3, 0.4) is 0 Å². The van der Waals surface area contributed by atoms with Gasteiger partial charge in [0.1, 0.15) is 16.9 Å². The third-order valence-electron chi connectivity index (χ3n) is 4.16. The van der Waals surface area contributed by atoms with E-state index in [9.17, 15) is 9.59 Å². The van der Waals surface area contributed by atoms with Gasteiger partial charge in [0.2, 0.25) is 0 Å². The van der Waals surface area contributed by atoms with Crippen LogP contribution in [-0.2, 0) is 14.3 Å². The molecule has 0 bridgehead atoms. The first-order valence-electron chi connectivity index (χ1n) is 7.78. The average molecular weight is 321 g/mol. The monoisotopic (exact) mass is 321 g/mol. The highest BCUT2D eigenvalue weighted by Crippen LogP contribution is 2.34. The molecular weight excluding hydrogens is 298 g/mol. The Morgan fingerprint density at radius 2 is 1.91 bits per heavy atom. The molecule has 0 saturated heterocycles. The minimum atomic E-state index is -0.774. The normalized spacial score (nSPS) is 16.0. The molecule has 2 rings (SSSR count). The minimum absolute atomic E-state index is 0.183. The van der Waals surface area contributed by atoms with Crippen molar-refractivity contribution in [2.24, 2.45) is 0 Å². The van der Waals surface area contributed by atoms with Gasteiger partial charge in [-0.05, 0) is 50.8 Å². The van der Waals surface area contributed by atoms with Gasteiger partial charge in [-0.2, -0.15) is 0 Å². The van der Waals surface area contributed by atoms with E-state index >= 15 is 0 Å².